The van der Waals surface area contributed by atoms with Gasteiger partial charge in [-0.1, -0.05) is 30.3 Å². The van der Waals surface area contributed by atoms with Crippen LogP contribution in [0.15, 0.2) is 66.7 Å². The Balaban J connectivity index is 1.67. The third-order valence-electron chi connectivity index (χ3n) is 6.20. The molecule has 0 spiro atoms. The van der Waals surface area contributed by atoms with E-state index >= 15 is 0 Å². The number of benzene rings is 3. The molecular weight excluding hydrogens is 431 g/mol. The first-order valence-electron chi connectivity index (χ1n) is 11.3. The maximum absolute atomic E-state index is 14.4. The molecule has 1 aliphatic heterocycles. The highest BCUT2D eigenvalue weighted by atomic mass is 19.1. The van der Waals surface area contributed by atoms with Crippen LogP contribution >= 0.6 is 0 Å². The zero-order valence-corrected chi connectivity index (χ0v) is 19.5. The second-order valence-corrected chi connectivity index (χ2v) is 8.46. The number of ketones is 1. The molecule has 0 radical (unpaired) electrons. The first-order chi connectivity index (χ1) is 16.5. The number of allylic oxidation sites excluding steroid dienone is 1. The number of ether oxygens (including phenoxy) is 1. The molecule has 34 heavy (non-hydrogen) atoms. The van der Waals surface area contributed by atoms with Crippen molar-refractivity contribution < 1.29 is 19.0 Å². The van der Waals surface area contributed by atoms with Crippen molar-refractivity contribution in [2.75, 3.05) is 45.2 Å². The topological polar surface area (TPSA) is 53.0 Å². The number of carbonyl (C=O) groups excluding carboxylic acids is 1. The fraction of sp³-hybridized carbons (Fsp3) is 0.250. The van der Waals surface area contributed by atoms with Gasteiger partial charge in [0.05, 0.1) is 19.3 Å². The minimum Gasteiger partial charge on any atom is -0.497 e. The molecule has 0 atom stereocenters. The van der Waals surface area contributed by atoms with E-state index < -0.39 is 11.6 Å². The summed E-state index contributed by atoms with van der Waals surface area (Å²) >= 11 is 0. The monoisotopic (exact) mass is 460 g/mol. The summed E-state index contributed by atoms with van der Waals surface area (Å²) in [5, 5.41) is 9.32. The van der Waals surface area contributed by atoms with Crippen LogP contribution in [-0.2, 0) is 6.61 Å². The summed E-state index contributed by atoms with van der Waals surface area (Å²) in [5.41, 5.74) is 4.83. The van der Waals surface area contributed by atoms with Gasteiger partial charge in [-0.15, -0.1) is 0 Å². The first kappa shape index (κ1) is 23.7. The minimum atomic E-state index is -0.606. The predicted molar refractivity (Wildman–Crippen MR) is 134 cm³/mol. The van der Waals surface area contributed by atoms with Gasteiger partial charge in [-0.05, 0) is 65.7 Å². The Morgan fingerprint density at radius 3 is 2.35 bits per heavy atom. The Labute approximate surface area is 199 Å². The zero-order chi connectivity index (χ0) is 24.1. The Morgan fingerprint density at radius 1 is 1.00 bits per heavy atom. The number of hydrogen-bond donors (Lipinski definition) is 1. The van der Waals surface area contributed by atoms with Crippen LogP contribution in [0.5, 0.6) is 5.75 Å². The van der Waals surface area contributed by atoms with Gasteiger partial charge in [0.2, 0.25) is 0 Å². The molecular formula is C28H29FN2O3. The molecule has 1 heterocycles. The summed E-state index contributed by atoms with van der Waals surface area (Å²) in [6.45, 7) is 3.71. The van der Waals surface area contributed by atoms with Crippen molar-refractivity contribution in [2.24, 2.45) is 0 Å². The van der Waals surface area contributed by atoms with Gasteiger partial charge < -0.3 is 19.6 Å². The fourth-order valence-corrected chi connectivity index (χ4v) is 4.08. The van der Waals surface area contributed by atoms with Gasteiger partial charge in [-0.3, -0.25) is 4.79 Å². The van der Waals surface area contributed by atoms with Crippen molar-refractivity contribution in [1.29, 1.82) is 0 Å². The highest BCUT2D eigenvalue weighted by molar-refractivity contribution is 6.07. The fourth-order valence-electron chi connectivity index (χ4n) is 4.08. The maximum Gasteiger partial charge on any atom is 0.188 e. The molecule has 0 aliphatic carbocycles. The van der Waals surface area contributed by atoms with Crippen LogP contribution in [-0.4, -0.2) is 56.1 Å². The number of piperazine rings is 1. The molecule has 1 fully saturated rings. The second kappa shape index (κ2) is 10.6. The quantitative estimate of drug-likeness (QED) is 0.411. The van der Waals surface area contributed by atoms with Gasteiger partial charge in [0.15, 0.2) is 5.78 Å². The van der Waals surface area contributed by atoms with Crippen LogP contribution in [0.1, 0.15) is 21.5 Å². The van der Waals surface area contributed by atoms with E-state index in [1.807, 2.05) is 24.3 Å². The summed E-state index contributed by atoms with van der Waals surface area (Å²) in [7, 11) is 3.57. The molecule has 1 aliphatic rings. The van der Waals surface area contributed by atoms with Crippen molar-refractivity contribution in [2.45, 2.75) is 6.61 Å². The highest BCUT2D eigenvalue weighted by Crippen LogP contribution is 2.30. The maximum atomic E-state index is 14.4. The number of hydrogen-bond acceptors (Lipinski definition) is 5. The molecule has 1 N–H and O–H groups in total. The van der Waals surface area contributed by atoms with Crippen molar-refractivity contribution in [3.63, 3.8) is 0 Å². The summed E-state index contributed by atoms with van der Waals surface area (Å²) in [4.78, 5) is 17.4. The number of methoxy groups -OCH3 is 1. The zero-order valence-electron chi connectivity index (χ0n) is 19.5. The second-order valence-electron chi connectivity index (χ2n) is 8.46. The number of likely N-dealkylation sites (N-methyl/N-ethyl adjacent to an activating group) is 1. The lowest BCUT2D eigenvalue weighted by Crippen LogP contribution is -2.44. The average Bonchev–Trinajstić information content (AvgIpc) is 2.87. The van der Waals surface area contributed by atoms with E-state index in [-0.39, 0.29) is 12.2 Å². The van der Waals surface area contributed by atoms with E-state index in [4.69, 9.17) is 4.74 Å². The standard InChI is InChI=1S/C28H29FN2O3/c1-30-13-15-31(16-14-30)27-11-7-22(21-5-3-20(19-32)4-6-21)17-23(27)8-12-28(33)25-10-9-24(34-2)18-26(25)29/h3-12,17-18,32H,13-16,19H2,1-2H3. The van der Waals surface area contributed by atoms with Gasteiger partial charge >= 0.3 is 0 Å². The van der Waals surface area contributed by atoms with Gasteiger partial charge in [0.25, 0.3) is 0 Å². The predicted octanol–water partition coefficient (Wildman–Crippen LogP) is 4.64. The van der Waals surface area contributed by atoms with Gasteiger partial charge in [-0.2, -0.15) is 0 Å². The summed E-state index contributed by atoms with van der Waals surface area (Å²) < 4.78 is 19.4. The lowest BCUT2D eigenvalue weighted by atomic mass is 9.99. The SMILES string of the molecule is COc1ccc(C(=O)C=Cc2cc(-c3ccc(CO)cc3)ccc2N2CCN(C)CC2)c(F)c1. The minimum absolute atomic E-state index is 0.000638. The highest BCUT2D eigenvalue weighted by Gasteiger charge is 2.17. The molecule has 0 unspecified atom stereocenters. The number of carbonyl (C=O) groups is 1. The van der Waals surface area contributed by atoms with Gasteiger partial charge in [-0.25, -0.2) is 4.39 Å². The van der Waals surface area contributed by atoms with Crippen LogP contribution in [0.25, 0.3) is 17.2 Å². The molecule has 4 rings (SSSR count). The van der Waals surface area contributed by atoms with E-state index in [0.717, 1.165) is 54.1 Å². The Kier molecular flexibility index (Phi) is 7.40. The molecule has 0 amide bonds. The van der Waals surface area contributed by atoms with Crippen LogP contribution in [0.2, 0.25) is 0 Å². The normalized spacial score (nSPS) is 14.5. The summed E-state index contributed by atoms with van der Waals surface area (Å²) in [6, 6.07) is 18.2. The van der Waals surface area contributed by atoms with Gasteiger partial charge in [0, 0.05) is 37.9 Å². The number of rotatable bonds is 7. The lowest BCUT2D eigenvalue weighted by molar-refractivity contribution is 0.104. The molecule has 0 saturated carbocycles. The van der Waals surface area contributed by atoms with Crippen molar-refractivity contribution in [3.8, 4) is 16.9 Å². The van der Waals surface area contributed by atoms with E-state index in [2.05, 4.69) is 35.0 Å². The number of nitrogens with zero attached hydrogens (tertiary/aromatic N) is 2. The molecule has 1 saturated heterocycles. The molecule has 176 valence electrons. The Hall–Kier alpha value is -3.48. The molecule has 5 nitrogen and oxygen atoms in total. The summed E-state index contributed by atoms with van der Waals surface area (Å²) in [5.74, 6) is -0.636. The Bertz CT molecular complexity index is 1180. The number of halogens is 1. The van der Waals surface area contributed by atoms with Crippen molar-refractivity contribution in [3.05, 3.63) is 89.2 Å². The molecule has 6 heteroatoms. The van der Waals surface area contributed by atoms with Crippen molar-refractivity contribution >= 4 is 17.5 Å². The van der Waals surface area contributed by atoms with E-state index in [1.54, 1.807) is 12.1 Å². The van der Waals surface area contributed by atoms with E-state index in [0.29, 0.717) is 5.75 Å². The third-order valence-corrected chi connectivity index (χ3v) is 6.20. The third kappa shape index (κ3) is 5.35. The van der Waals surface area contributed by atoms with E-state index in [1.165, 1.54) is 25.3 Å². The molecule has 0 aromatic heterocycles. The number of aliphatic hydroxyl groups is 1. The largest absolute Gasteiger partial charge is 0.497 e. The summed E-state index contributed by atoms with van der Waals surface area (Å²) in [6.07, 6.45) is 3.20. The first-order valence-corrected chi connectivity index (χ1v) is 11.3. The molecule has 3 aromatic rings. The Morgan fingerprint density at radius 2 is 1.71 bits per heavy atom. The van der Waals surface area contributed by atoms with Gasteiger partial charge in [0.1, 0.15) is 11.6 Å². The number of anilines is 1. The number of aliphatic hydroxyl groups excluding tert-OH is 1. The molecule has 0 bridgehead atoms. The average molecular weight is 461 g/mol. The van der Waals surface area contributed by atoms with Crippen LogP contribution in [0.3, 0.4) is 0 Å². The van der Waals surface area contributed by atoms with Crippen LogP contribution < -0.4 is 9.64 Å². The van der Waals surface area contributed by atoms with Crippen molar-refractivity contribution in [1.82, 2.24) is 4.90 Å². The van der Waals surface area contributed by atoms with E-state index in [9.17, 15) is 14.3 Å². The van der Waals surface area contributed by atoms with Crippen LogP contribution in [0, 0.1) is 5.82 Å². The molecule has 3 aromatic carbocycles. The smallest absolute Gasteiger partial charge is 0.188 e. The lowest BCUT2D eigenvalue weighted by Gasteiger charge is -2.35. The van der Waals surface area contributed by atoms with Crippen LogP contribution in [0.4, 0.5) is 10.1 Å².